The smallest absolute Gasteiger partial charge is 0.409 e. The highest BCUT2D eigenvalue weighted by atomic mass is 16.5. The molecule has 1 aromatic carbocycles. The maximum absolute atomic E-state index is 12.6. The van der Waals surface area contributed by atoms with Crippen molar-refractivity contribution in [1.82, 2.24) is 4.90 Å². The number of amides is 1. The number of piperidine rings is 1. The highest BCUT2D eigenvalue weighted by Crippen LogP contribution is 2.35. The van der Waals surface area contributed by atoms with Crippen molar-refractivity contribution >= 4 is 17.8 Å². The number of rotatable bonds is 7. The van der Waals surface area contributed by atoms with Crippen molar-refractivity contribution in [3.63, 3.8) is 0 Å². The number of carbonyl (C=O) groups is 3. The van der Waals surface area contributed by atoms with E-state index in [1.807, 2.05) is 18.2 Å². The number of benzene rings is 1. The Morgan fingerprint density at radius 2 is 1.86 bits per heavy atom. The molecule has 2 atom stereocenters. The number of methoxy groups -OCH3 is 1. The van der Waals surface area contributed by atoms with E-state index < -0.39 is 5.97 Å². The molecule has 0 spiro atoms. The van der Waals surface area contributed by atoms with E-state index in [0.29, 0.717) is 25.8 Å². The molecule has 0 unspecified atom stereocenters. The van der Waals surface area contributed by atoms with Crippen molar-refractivity contribution in [2.75, 3.05) is 20.3 Å². The van der Waals surface area contributed by atoms with Crippen LogP contribution in [0, 0.1) is 5.92 Å². The highest BCUT2D eigenvalue weighted by molar-refractivity contribution is 5.96. The second-order valence-electron chi connectivity index (χ2n) is 7.94. The van der Waals surface area contributed by atoms with Gasteiger partial charge in [0.05, 0.1) is 13.7 Å². The first kappa shape index (κ1) is 21.9. The fraction of sp³-hybridized carbons (Fsp3) is 0.591. The molecular formula is C22H31NO5. The Labute approximate surface area is 167 Å². The first-order chi connectivity index (χ1) is 13.3. The number of nitrogens with zero attached hydrogens (tertiary/aromatic N) is 1. The van der Waals surface area contributed by atoms with Crippen molar-refractivity contribution in [3.05, 3.63) is 35.9 Å². The van der Waals surface area contributed by atoms with Crippen LogP contribution < -0.4 is 0 Å². The molecule has 1 aliphatic heterocycles. The molecule has 154 valence electrons. The molecule has 1 amide bonds. The second-order valence-corrected chi connectivity index (χ2v) is 7.94. The molecule has 0 radical (unpaired) electrons. The topological polar surface area (TPSA) is 72.9 Å². The third kappa shape index (κ3) is 5.57. The van der Waals surface area contributed by atoms with Crippen LogP contribution in [0.1, 0.15) is 52.0 Å². The molecule has 1 aliphatic rings. The number of hydrogen-bond acceptors (Lipinski definition) is 5. The predicted molar refractivity (Wildman–Crippen MR) is 106 cm³/mol. The van der Waals surface area contributed by atoms with Gasteiger partial charge in [-0.25, -0.2) is 4.79 Å². The zero-order valence-corrected chi connectivity index (χ0v) is 17.3. The molecule has 2 rings (SSSR count). The maximum Gasteiger partial charge on any atom is 0.409 e. The Hall–Kier alpha value is -2.37. The van der Waals surface area contributed by atoms with E-state index in [0.717, 1.165) is 0 Å². The number of ether oxygens (including phenoxy) is 2. The van der Waals surface area contributed by atoms with E-state index in [9.17, 15) is 14.4 Å². The Morgan fingerprint density at radius 1 is 1.18 bits per heavy atom. The number of hydrogen-bond donors (Lipinski definition) is 0. The number of ketones is 1. The van der Waals surface area contributed by atoms with Crippen LogP contribution in [0.4, 0.5) is 4.79 Å². The third-order valence-electron chi connectivity index (χ3n) is 5.51. The van der Waals surface area contributed by atoms with Crippen LogP contribution in [0.3, 0.4) is 0 Å². The van der Waals surface area contributed by atoms with Crippen molar-refractivity contribution < 1.29 is 23.9 Å². The molecule has 28 heavy (non-hydrogen) atoms. The van der Waals surface area contributed by atoms with E-state index in [2.05, 4.69) is 26.0 Å². The molecule has 0 N–H and O–H groups in total. The first-order valence-electron chi connectivity index (χ1n) is 9.87. The van der Waals surface area contributed by atoms with Crippen molar-refractivity contribution in [1.29, 1.82) is 0 Å². The molecule has 0 aromatic heterocycles. The van der Waals surface area contributed by atoms with Crippen LogP contribution in [0.15, 0.2) is 30.3 Å². The number of Topliss-reactive ketones (excluding diaryl/α,β-unsaturated/α-hetero) is 1. The normalized spacial score (nSPS) is 19.8. The molecule has 6 nitrogen and oxygen atoms in total. The molecule has 0 bridgehead atoms. The summed E-state index contributed by atoms with van der Waals surface area (Å²) in [7, 11) is 1.37. The summed E-state index contributed by atoms with van der Waals surface area (Å²) in [5, 5.41) is 0. The molecule has 1 fully saturated rings. The van der Waals surface area contributed by atoms with Gasteiger partial charge in [-0.1, -0.05) is 44.2 Å². The summed E-state index contributed by atoms with van der Waals surface area (Å²) in [4.78, 5) is 38.3. The van der Waals surface area contributed by atoms with E-state index in [4.69, 9.17) is 9.47 Å². The Balaban J connectivity index is 2.14. The van der Waals surface area contributed by atoms with E-state index in [1.165, 1.54) is 12.7 Å². The maximum atomic E-state index is 12.6. The average Bonchev–Trinajstić information content (AvgIpc) is 2.68. The van der Waals surface area contributed by atoms with Crippen LogP contribution in [0.2, 0.25) is 0 Å². The molecular weight excluding hydrogens is 358 g/mol. The van der Waals surface area contributed by atoms with Gasteiger partial charge < -0.3 is 14.4 Å². The summed E-state index contributed by atoms with van der Waals surface area (Å²) < 4.78 is 9.86. The van der Waals surface area contributed by atoms with Gasteiger partial charge in [0.15, 0.2) is 0 Å². The third-order valence-corrected chi connectivity index (χ3v) is 5.51. The minimum Gasteiger partial charge on any atom is -0.466 e. The minimum absolute atomic E-state index is 0.106. The largest absolute Gasteiger partial charge is 0.466 e. The molecule has 0 aliphatic carbocycles. The Bertz CT molecular complexity index is 685. The van der Waals surface area contributed by atoms with Gasteiger partial charge in [-0.2, -0.15) is 0 Å². The first-order valence-corrected chi connectivity index (χ1v) is 9.87. The van der Waals surface area contributed by atoms with Crippen LogP contribution in [-0.2, 0) is 24.5 Å². The van der Waals surface area contributed by atoms with Crippen LogP contribution in [-0.4, -0.2) is 49.0 Å². The van der Waals surface area contributed by atoms with E-state index in [-0.39, 0.29) is 42.3 Å². The van der Waals surface area contributed by atoms with Crippen LogP contribution in [0.25, 0.3) is 0 Å². The van der Waals surface area contributed by atoms with Crippen molar-refractivity contribution in [2.24, 2.45) is 5.92 Å². The minimum atomic E-state index is -0.482. The summed E-state index contributed by atoms with van der Waals surface area (Å²) >= 11 is 0. The lowest BCUT2D eigenvalue weighted by molar-refractivity contribution is -0.146. The molecule has 0 saturated carbocycles. The lowest BCUT2D eigenvalue weighted by Crippen LogP contribution is -2.49. The predicted octanol–water partition coefficient (Wildman–Crippen LogP) is 3.72. The Morgan fingerprint density at radius 3 is 2.46 bits per heavy atom. The molecule has 1 heterocycles. The summed E-state index contributed by atoms with van der Waals surface area (Å²) in [5.41, 5.74) is 1.00. The zero-order valence-electron chi connectivity index (χ0n) is 17.3. The lowest BCUT2D eigenvalue weighted by atomic mass is 9.75. The van der Waals surface area contributed by atoms with Crippen LogP contribution in [0.5, 0.6) is 0 Å². The summed E-state index contributed by atoms with van der Waals surface area (Å²) in [6, 6.07) is 10.0. The fourth-order valence-corrected chi connectivity index (χ4v) is 3.99. The lowest BCUT2D eigenvalue weighted by Gasteiger charge is -2.41. The second kappa shape index (κ2) is 9.71. The number of likely N-dealkylation sites (tertiary alicyclic amines) is 1. The molecule has 1 saturated heterocycles. The summed E-state index contributed by atoms with van der Waals surface area (Å²) in [6.45, 7) is 6.71. The molecule has 6 heteroatoms. The van der Waals surface area contributed by atoms with E-state index in [1.54, 1.807) is 11.8 Å². The SMILES string of the molecule is CCOC(=O)CC(=O)[C@@H]1CCN(C(=O)OC)[C@H](CC(C)(C)c2ccccc2)C1. The molecule has 1 aromatic rings. The fourth-order valence-electron chi connectivity index (χ4n) is 3.99. The van der Waals surface area contributed by atoms with Crippen molar-refractivity contribution in [2.45, 2.75) is 57.9 Å². The van der Waals surface area contributed by atoms with Gasteiger partial charge in [0.1, 0.15) is 12.2 Å². The van der Waals surface area contributed by atoms with Gasteiger partial charge in [-0.3, -0.25) is 9.59 Å². The number of carbonyl (C=O) groups excluding carboxylic acids is 3. The summed E-state index contributed by atoms with van der Waals surface area (Å²) in [5.74, 6) is -0.837. The Kier molecular flexibility index (Phi) is 7.61. The van der Waals surface area contributed by atoms with Crippen molar-refractivity contribution in [3.8, 4) is 0 Å². The standard InChI is InChI=1S/C22H31NO5/c1-5-28-20(25)14-19(24)16-11-12-23(21(26)27-4)18(13-16)15-22(2,3)17-9-7-6-8-10-17/h6-10,16,18H,5,11-15H2,1-4H3/t16-,18+/m1/s1. The monoisotopic (exact) mass is 389 g/mol. The zero-order chi connectivity index (χ0) is 20.7. The highest BCUT2D eigenvalue weighted by Gasteiger charge is 2.38. The van der Waals surface area contributed by atoms with Gasteiger partial charge in [-0.15, -0.1) is 0 Å². The van der Waals surface area contributed by atoms with Crippen LogP contribution >= 0.6 is 0 Å². The van der Waals surface area contributed by atoms with Gasteiger partial charge in [0.25, 0.3) is 0 Å². The quantitative estimate of drug-likeness (QED) is 0.525. The van der Waals surface area contributed by atoms with Gasteiger partial charge in [0.2, 0.25) is 0 Å². The van der Waals surface area contributed by atoms with Gasteiger partial charge >= 0.3 is 12.1 Å². The summed E-state index contributed by atoms with van der Waals surface area (Å²) in [6.07, 6.45) is 1.20. The van der Waals surface area contributed by atoms with Gasteiger partial charge in [0, 0.05) is 18.5 Å². The number of esters is 1. The average molecular weight is 389 g/mol. The van der Waals surface area contributed by atoms with Gasteiger partial charge in [-0.05, 0) is 37.2 Å². The van der Waals surface area contributed by atoms with E-state index >= 15 is 0 Å².